The lowest BCUT2D eigenvalue weighted by atomic mass is 9.94. The summed E-state index contributed by atoms with van der Waals surface area (Å²) < 4.78 is 7.70. The van der Waals surface area contributed by atoms with Crippen LogP contribution < -0.4 is 5.32 Å². The molecule has 2 aromatic rings. The van der Waals surface area contributed by atoms with Crippen LogP contribution in [0.2, 0.25) is 0 Å². The highest BCUT2D eigenvalue weighted by atomic mass is 16.5. The smallest absolute Gasteiger partial charge is 0.256 e. The van der Waals surface area contributed by atoms with E-state index in [1.165, 1.54) is 0 Å². The lowest BCUT2D eigenvalue weighted by molar-refractivity contribution is -0.143. The fourth-order valence-electron chi connectivity index (χ4n) is 3.13. The van der Waals surface area contributed by atoms with Gasteiger partial charge >= 0.3 is 0 Å². The Morgan fingerprint density at radius 3 is 2.83 bits per heavy atom. The number of fused-ring (bicyclic) bond motifs is 1. The zero-order chi connectivity index (χ0) is 16.4. The van der Waals surface area contributed by atoms with Crippen molar-refractivity contribution in [3.63, 3.8) is 0 Å². The quantitative estimate of drug-likeness (QED) is 0.941. The second-order valence-electron chi connectivity index (χ2n) is 6.26. The summed E-state index contributed by atoms with van der Waals surface area (Å²) in [5.74, 6) is 1.00. The summed E-state index contributed by atoms with van der Waals surface area (Å²) in [7, 11) is 1.57. The van der Waals surface area contributed by atoms with Crippen molar-refractivity contribution < 1.29 is 9.53 Å². The first-order valence-corrected chi connectivity index (χ1v) is 7.97. The van der Waals surface area contributed by atoms with Crippen LogP contribution >= 0.6 is 0 Å². The van der Waals surface area contributed by atoms with Crippen molar-refractivity contribution in [2.45, 2.75) is 44.9 Å². The van der Waals surface area contributed by atoms with Gasteiger partial charge in [-0.3, -0.25) is 4.79 Å². The maximum absolute atomic E-state index is 12.8. The van der Waals surface area contributed by atoms with Gasteiger partial charge in [-0.1, -0.05) is 30.3 Å². The molecule has 0 fully saturated rings. The second kappa shape index (κ2) is 6.16. The number of nitrogens with one attached hydrogen (secondary N) is 1. The number of aryl methyl sites for hydroxylation is 2. The molecule has 122 valence electrons. The fraction of sp³-hybridized carbons (Fsp3) is 0.444. The minimum atomic E-state index is -0.980. The van der Waals surface area contributed by atoms with Crippen molar-refractivity contribution in [2.24, 2.45) is 0 Å². The van der Waals surface area contributed by atoms with E-state index >= 15 is 0 Å². The first-order valence-electron chi connectivity index (χ1n) is 7.97. The van der Waals surface area contributed by atoms with E-state index in [0.717, 1.165) is 36.5 Å². The number of benzene rings is 1. The summed E-state index contributed by atoms with van der Waals surface area (Å²) in [6.07, 6.45) is 3.82. The largest absolute Gasteiger partial charge is 0.364 e. The predicted octanol–water partition coefficient (Wildman–Crippen LogP) is 2.18. The molecule has 0 aliphatic carbocycles. The number of carbonyl (C=O) groups excluding carboxylic acids is 1. The molecule has 1 aromatic heterocycles. The molecule has 0 saturated carbocycles. The lowest BCUT2D eigenvalue weighted by Crippen LogP contribution is -2.50. The topological polar surface area (TPSA) is 56.1 Å². The Balaban J connectivity index is 1.73. The molecule has 1 amide bonds. The van der Waals surface area contributed by atoms with Gasteiger partial charge in [0.1, 0.15) is 5.82 Å². The molecule has 0 unspecified atom stereocenters. The highest BCUT2D eigenvalue weighted by molar-refractivity contribution is 5.86. The number of methoxy groups -OCH3 is 1. The van der Waals surface area contributed by atoms with Crippen LogP contribution in [0.15, 0.2) is 36.5 Å². The molecular formula is C18H23N3O2. The molecule has 0 radical (unpaired) electrons. The zero-order valence-corrected chi connectivity index (χ0v) is 13.9. The summed E-state index contributed by atoms with van der Waals surface area (Å²) in [6, 6.07) is 9.70. The first-order chi connectivity index (χ1) is 11.0. The van der Waals surface area contributed by atoms with Crippen molar-refractivity contribution in [1.82, 2.24) is 14.9 Å². The van der Waals surface area contributed by atoms with Crippen molar-refractivity contribution in [2.75, 3.05) is 7.11 Å². The van der Waals surface area contributed by atoms with Crippen LogP contribution in [0.3, 0.4) is 0 Å². The lowest BCUT2D eigenvalue weighted by Gasteiger charge is -2.31. The van der Waals surface area contributed by atoms with Gasteiger partial charge in [-0.15, -0.1) is 0 Å². The molecule has 0 saturated heterocycles. The number of amides is 1. The summed E-state index contributed by atoms with van der Waals surface area (Å²) in [4.78, 5) is 17.3. The summed E-state index contributed by atoms with van der Waals surface area (Å²) in [5, 5.41) is 3.15. The van der Waals surface area contributed by atoms with Gasteiger partial charge in [0, 0.05) is 32.3 Å². The zero-order valence-electron chi connectivity index (χ0n) is 13.9. The van der Waals surface area contributed by atoms with Crippen molar-refractivity contribution in [1.29, 1.82) is 0 Å². The predicted molar refractivity (Wildman–Crippen MR) is 88.0 cm³/mol. The van der Waals surface area contributed by atoms with Crippen LogP contribution in [0.5, 0.6) is 0 Å². The number of nitrogens with zero attached hydrogens (tertiary/aromatic N) is 2. The third kappa shape index (κ3) is 3.01. The minimum absolute atomic E-state index is 0.0989. The van der Waals surface area contributed by atoms with E-state index in [9.17, 15) is 4.79 Å². The van der Waals surface area contributed by atoms with Crippen LogP contribution in [0.4, 0.5) is 0 Å². The van der Waals surface area contributed by atoms with Crippen LogP contribution in [0.25, 0.3) is 0 Å². The first kappa shape index (κ1) is 15.7. The average Bonchev–Trinajstić information content (AvgIpc) is 2.94. The van der Waals surface area contributed by atoms with Gasteiger partial charge in [0.15, 0.2) is 5.60 Å². The highest BCUT2D eigenvalue weighted by Crippen LogP contribution is 2.25. The third-order valence-electron chi connectivity index (χ3n) is 4.61. The number of rotatable bonds is 4. The Morgan fingerprint density at radius 1 is 1.39 bits per heavy atom. The van der Waals surface area contributed by atoms with Crippen molar-refractivity contribution >= 4 is 5.91 Å². The molecule has 1 aliphatic rings. The Hall–Kier alpha value is -2.14. The highest BCUT2D eigenvalue weighted by Gasteiger charge is 2.36. The Morgan fingerprint density at radius 2 is 2.13 bits per heavy atom. The summed E-state index contributed by atoms with van der Waals surface area (Å²) in [6.45, 7) is 4.57. The molecule has 0 bridgehead atoms. The van der Waals surface area contributed by atoms with E-state index in [0.29, 0.717) is 0 Å². The number of imidazole rings is 1. The number of hydrogen-bond donors (Lipinski definition) is 1. The van der Waals surface area contributed by atoms with Gasteiger partial charge < -0.3 is 14.6 Å². The fourth-order valence-corrected chi connectivity index (χ4v) is 3.13. The van der Waals surface area contributed by atoms with Gasteiger partial charge in [0.05, 0.1) is 5.69 Å². The molecule has 1 aromatic carbocycles. The maximum Gasteiger partial charge on any atom is 0.256 e. The van der Waals surface area contributed by atoms with E-state index in [1.807, 2.05) is 50.4 Å². The van der Waals surface area contributed by atoms with Crippen molar-refractivity contribution in [3.8, 4) is 0 Å². The summed E-state index contributed by atoms with van der Waals surface area (Å²) in [5.41, 5.74) is 0.903. The van der Waals surface area contributed by atoms with Gasteiger partial charge in [0.25, 0.3) is 5.91 Å². The van der Waals surface area contributed by atoms with Gasteiger partial charge in [-0.2, -0.15) is 0 Å². The van der Waals surface area contributed by atoms with E-state index in [2.05, 4.69) is 14.9 Å². The Bertz CT molecular complexity index is 696. The monoisotopic (exact) mass is 313 g/mol. The number of hydrogen-bond acceptors (Lipinski definition) is 3. The minimum Gasteiger partial charge on any atom is -0.364 e. The number of carbonyl (C=O) groups is 1. The van der Waals surface area contributed by atoms with Gasteiger partial charge in [0.2, 0.25) is 0 Å². The maximum atomic E-state index is 12.8. The Kier molecular flexibility index (Phi) is 4.22. The summed E-state index contributed by atoms with van der Waals surface area (Å²) >= 11 is 0. The molecule has 0 spiro atoms. The van der Waals surface area contributed by atoms with Crippen LogP contribution in [-0.2, 0) is 28.1 Å². The van der Waals surface area contributed by atoms with E-state index in [4.69, 9.17) is 4.74 Å². The molecular weight excluding hydrogens is 290 g/mol. The normalized spacial score (nSPS) is 19.7. The third-order valence-corrected chi connectivity index (χ3v) is 4.61. The molecule has 1 N–H and O–H groups in total. The van der Waals surface area contributed by atoms with Crippen molar-refractivity contribution in [3.05, 3.63) is 53.6 Å². The molecule has 5 heteroatoms. The molecule has 5 nitrogen and oxygen atoms in total. The second-order valence-corrected chi connectivity index (χ2v) is 6.26. The molecule has 23 heavy (non-hydrogen) atoms. The number of ether oxygens (including phenoxy) is 1. The van der Waals surface area contributed by atoms with E-state index < -0.39 is 5.60 Å². The molecule has 3 rings (SSSR count). The molecule has 2 atom stereocenters. The molecule has 2 heterocycles. The van der Waals surface area contributed by atoms with Gasteiger partial charge in [-0.05, 0) is 25.8 Å². The SMILES string of the molecule is CO[C@@](C)(C(=O)N[C@H]1CCc2nc(C)cn2C1)c1ccccc1. The van der Waals surface area contributed by atoms with Crippen LogP contribution in [0.1, 0.15) is 30.4 Å². The van der Waals surface area contributed by atoms with Crippen LogP contribution in [0, 0.1) is 6.92 Å². The van der Waals surface area contributed by atoms with Gasteiger partial charge in [-0.25, -0.2) is 4.98 Å². The number of aromatic nitrogens is 2. The Labute approximate surface area is 136 Å². The van der Waals surface area contributed by atoms with E-state index in [1.54, 1.807) is 7.11 Å². The molecule has 1 aliphatic heterocycles. The standard InChI is InChI=1S/C18H23N3O2/c1-13-11-21-12-15(9-10-16(21)19-13)20-17(22)18(2,23-3)14-7-5-4-6-8-14/h4-8,11,15H,9-10,12H2,1-3H3,(H,20,22)/t15-,18+/m0/s1. The average molecular weight is 313 g/mol. The van der Waals surface area contributed by atoms with E-state index in [-0.39, 0.29) is 11.9 Å². The van der Waals surface area contributed by atoms with Crippen LogP contribution in [-0.4, -0.2) is 28.6 Å².